The molecule has 7 nitrogen and oxygen atoms in total. The van der Waals surface area contributed by atoms with E-state index in [1.807, 2.05) is 0 Å². The second kappa shape index (κ2) is 5.85. The number of aliphatic hydroxyl groups is 2. The van der Waals surface area contributed by atoms with Crippen LogP contribution in [-0.4, -0.2) is 83.3 Å². The zero-order chi connectivity index (χ0) is 14.0. The molecule has 0 radical (unpaired) electrons. The number of aliphatic hydroxyl groups excluding tert-OH is 2. The van der Waals surface area contributed by atoms with Gasteiger partial charge in [-0.3, -0.25) is 14.5 Å². The van der Waals surface area contributed by atoms with E-state index in [4.69, 9.17) is 0 Å². The highest BCUT2D eigenvalue weighted by molar-refractivity contribution is 5.85. The van der Waals surface area contributed by atoms with E-state index in [1.165, 1.54) is 4.90 Å². The zero-order valence-corrected chi connectivity index (χ0v) is 11.1. The van der Waals surface area contributed by atoms with Crippen LogP contribution in [0.2, 0.25) is 0 Å². The van der Waals surface area contributed by atoms with E-state index < -0.39 is 12.2 Å². The second-order valence-electron chi connectivity index (χ2n) is 5.42. The summed E-state index contributed by atoms with van der Waals surface area (Å²) < 4.78 is 0. The third-order valence-corrected chi connectivity index (χ3v) is 3.44. The number of β-amino-alcohol motifs (C(OH)–C–C–N with tert-alkyl or cyclic N) is 2. The average Bonchev–Trinajstić information content (AvgIpc) is 3.06. The SMILES string of the molecule is CN(CC(=O)NC1CC1)C(=O)CN1C[C@@H](O)[C@@H](O)C1. The highest BCUT2D eigenvalue weighted by Gasteiger charge is 2.31. The molecule has 1 aliphatic heterocycles. The molecule has 3 N–H and O–H groups in total. The van der Waals surface area contributed by atoms with Gasteiger partial charge in [0.25, 0.3) is 0 Å². The number of hydrogen-bond donors (Lipinski definition) is 3. The topological polar surface area (TPSA) is 93.1 Å². The van der Waals surface area contributed by atoms with Crippen molar-refractivity contribution in [2.45, 2.75) is 31.1 Å². The Bertz CT molecular complexity index is 349. The van der Waals surface area contributed by atoms with Gasteiger partial charge in [-0.15, -0.1) is 0 Å². The summed E-state index contributed by atoms with van der Waals surface area (Å²) in [7, 11) is 1.58. The summed E-state index contributed by atoms with van der Waals surface area (Å²) in [6, 6.07) is 0.292. The number of likely N-dealkylation sites (N-methyl/N-ethyl adjacent to an activating group) is 1. The van der Waals surface area contributed by atoms with Gasteiger partial charge < -0.3 is 20.4 Å². The molecule has 2 atom stereocenters. The predicted octanol–water partition coefficient (Wildman–Crippen LogP) is -2.24. The standard InChI is InChI=1S/C12H21N3O4/c1-14(6-11(18)13-8-2-3-8)12(19)7-15-4-9(16)10(17)5-15/h8-10,16-17H,2-7H2,1H3,(H,13,18)/t9-,10+. The van der Waals surface area contributed by atoms with Gasteiger partial charge >= 0.3 is 0 Å². The van der Waals surface area contributed by atoms with Gasteiger partial charge in [-0.2, -0.15) is 0 Å². The van der Waals surface area contributed by atoms with Crippen LogP contribution < -0.4 is 5.32 Å². The van der Waals surface area contributed by atoms with E-state index in [0.29, 0.717) is 6.04 Å². The van der Waals surface area contributed by atoms with E-state index in [9.17, 15) is 19.8 Å². The Morgan fingerprint density at radius 2 is 1.84 bits per heavy atom. The summed E-state index contributed by atoms with van der Waals surface area (Å²) in [5.41, 5.74) is 0. The number of rotatable bonds is 5. The lowest BCUT2D eigenvalue weighted by atomic mass is 10.3. The first kappa shape index (κ1) is 14.2. The van der Waals surface area contributed by atoms with Crippen LogP contribution in [0.4, 0.5) is 0 Å². The monoisotopic (exact) mass is 271 g/mol. The molecule has 1 aliphatic carbocycles. The summed E-state index contributed by atoms with van der Waals surface area (Å²) >= 11 is 0. The maximum atomic E-state index is 11.9. The third kappa shape index (κ3) is 4.15. The zero-order valence-electron chi connectivity index (χ0n) is 11.1. The first-order chi connectivity index (χ1) is 8.95. The lowest BCUT2D eigenvalue weighted by Gasteiger charge is -2.20. The van der Waals surface area contributed by atoms with Gasteiger partial charge in [0, 0.05) is 26.2 Å². The molecule has 2 fully saturated rings. The minimum atomic E-state index is -0.795. The molecule has 0 aromatic carbocycles. The number of likely N-dealkylation sites (tertiary alicyclic amines) is 1. The molecule has 7 heteroatoms. The molecule has 0 bridgehead atoms. The number of hydrogen-bond acceptors (Lipinski definition) is 5. The van der Waals surface area contributed by atoms with Crippen molar-refractivity contribution in [2.75, 3.05) is 33.2 Å². The number of nitrogens with zero attached hydrogens (tertiary/aromatic N) is 2. The van der Waals surface area contributed by atoms with Crippen molar-refractivity contribution < 1.29 is 19.8 Å². The smallest absolute Gasteiger partial charge is 0.239 e. The average molecular weight is 271 g/mol. The van der Waals surface area contributed by atoms with Gasteiger partial charge in [0.05, 0.1) is 25.3 Å². The van der Waals surface area contributed by atoms with Crippen molar-refractivity contribution >= 4 is 11.8 Å². The summed E-state index contributed by atoms with van der Waals surface area (Å²) in [6.45, 7) is 0.736. The summed E-state index contributed by atoms with van der Waals surface area (Å²) in [4.78, 5) is 26.5. The Kier molecular flexibility index (Phi) is 4.38. The fourth-order valence-electron chi connectivity index (χ4n) is 2.09. The number of nitrogens with one attached hydrogen (secondary N) is 1. The van der Waals surface area contributed by atoms with Crippen molar-refractivity contribution in [1.82, 2.24) is 15.1 Å². The fraction of sp³-hybridized carbons (Fsp3) is 0.833. The molecule has 1 heterocycles. The van der Waals surface area contributed by atoms with Gasteiger partial charge in [-0.1, -0.05) is 0 Å². The minimum absolute atomic E-state index is 0.0499. The van der Waals surface area contributed by atoms with Crippen molar-refractivity contribution in [3.05, 3.63) is 0 Å². The summed E-state index contributed by atoms with van der Waals surface area (Å²) in [5, 5.41) is 21.6. The van der Waals surface area contributed by atoms with Crippen LogP contribution in [0.25, 0.3) is 0 Å². The quantitative estimate of drug-likeness (QED) is 0.526. The molecule has 19 heavy (non-hydrogen) atoms. The maximum absolute atomic E-state index is 11.9. The van der Waals surface area contributed by atoms with E-state index >= 15 is 0 Å². The van der Waals surface area contributed by atoms with Crippen molar-refractivity contribution in [3.63, 3.8) is 0 Å². The van der Waals surface area contributed by atoms with Crippen LogP contribution in [0.3, 0.4) is 0 Å². The van der Waals surface area contributed by atoms with Gasteiger partial charge in [0.15, 0.2) is 0 Å². The largest absolute Gasteiger partial charge is 0.389 e. The minimum Gasteiger partial charge on any atom is -0.389 e. The molecular weight excluding hydrogens is 250 g/mol. The van der Waals surface area contributed by atoms with E-state index in [0.717, 1.165) is 12.8 Å². The molecule has 2 rings (SSSR count). The van der Waals surface area contributed by atoms with Crippen LogP contribution >= 0.6 is 0 Å². The van der Waals surface area contributed by atoms with Gasteiger partial charge in [0.2, 0.25) is 11.8 Å². The van der Waals surface area contributed by atoms with E-state index in [1.54, 1.807) is 11.9 Å². The van der Waals surface area contributed by atoms with Crippen LogP contribution in [0, 0.1) is 0 Å². The predicted molar refractivity (Wildman–Crippen MR) is 67.3 cm³/mol. The van der Waals surface area contributed by atoms with E-state index in [2.05, 4.69) is 5.32 Å². The number of amides is 2. The normalized spacial score (nSPS) is 27.3. The highest BCUT2D eigenvalue weighted by atomic mass is 16.3. The van der Waals surface area contributed by atoms with Crippen molar-refractivity contribution in [2.24, 2.45) is 0 Å². The molecule has 1 saturated carbocycles. The molecule has 0 aromatic rings. The van der Waals surface area contributed by atoms with Crippen LogP contribution in [0.5, 0.6) is 0 Å². The molecule has 0 unspecified atom stereocenters. The van der Waals surface area contributed by atoms with Crippen LogP contribution in [0.15, 0.2) is 0 Å². The number of carbonyl (C=O) groups is 2. The first-order valence-electron chi connectivity index (χ1n) is 6.57. The molecule has 0 aromatic heterocycles. The molecular formula is C12H21N3O4. The van der Waals surface area contributed by atoms with Crippen LogP contribution in [0.1, 0.15) is 12.8 Å². The molecule has 0 spiro atoms. The van der Waals surface area contributed by atoms with Crippen molar-refractivity contribution in [1.29, 1.82) is 0 Å². The molecule has 1 saturated heterocycles. The Labute approximate surface area is 112 Å². The van der Waals surface area contributed by atoms with Crippen LogP contribution in [-0.2, 0) is 9.59 Å². The number of carbonyl (C=O) groups excluding carboxylic acids is 2. The molecule has 2 amide bonds. The molecule has 2 aliphatic rings. The lowest BCUT2D eigenvalue weighted by Crippen LogP contribution is -2.43. The van der Waals surface area contributed by atoms with Gasteiger partial charge in [-0.25, -0.2) is 0 Å². The Morgan fingerprint density at radius 3 is 2.37 bits per heavy atom. The summed E-state index contributed by atoms with van der Waals surface area (Å²) in [6.07, 6.45) is 0.451. The van der Waals surface area contributed by atoms with Gasteiger partial charge in [0.1, 0.15) is 0 Å². The molecule has 108 valence electrons. The Hall–Kier alpha value is -1.18. The first-order valence-corrected chi connectivity index (χ1v) is 6.57. The van der Waals surface area contributed by atoms with E-state index in [-0.39, 0.29) is 38.0 Å². The highest BCUT2D eigenvalue weighted by Crippen LogP contribution is 2.18. The lowest BCUT2D eigenvalue weighted by molar-refractivity contribution is -0.135. The van der Waals surface area contributed by atoms with Gasteiger partial charge in [-0.05, 0) is 12.8 Å². The van der Waals surface area contributed by atoms with Crippen molar-refractivity contribution in [3.8, 4) is 0 Å². The summed E-state index contributed by atoms with van der Waals surface area (Å²) in [5.74, 6) is -0.327. The Balaban J connectivity index is 1.71. The third-order valence-electron chi connectivity index (χ3n) is 3.44. The Morgan fingerprint density at radius 1 is 1.26 bits per heavy atom. The maximum Gasteiger partial charge on any atom is 0.239 e. The fourth-order valence-corrected chi connectivity index (χ4v) is 2.09. The second-order valence-corrected chi connectivity index (χ2v) is 5.42.